The number of hydrogen-bond donors (Lipinski definition) is 1. The molecule has 1 fully saturated rings. The highest BCUT2D eigenvalue weighted by molar-refractivity contribution is 7.80. The van der Waals surface area contributed by atoms with Gasteiger partial charge in [-0.2, -0.15) is 0 Å². The highest BCUT2D eigenvalue weighted by Crippen LogP contribution is 2.42. The van der Waals surface area contributed by atoms with Crippen LogP contribution in [-0.2, 0) is 0 Å². The van der Waals surface area contributed by atoms with Crippen LogP contribution in [0, 0.1) is 6.92 Å². The Bertz CT molecular complexity index is 1270. The third kappa shape index (κ3) is 4.29. The second-order valence-electron chi connectivity index (χ2n) is 8.80. The Labute approximate surface area is 206 Å². The molecule has 1 saturated heterocycles. The Balaban J connectivity index is 1.60. The third-order valence-electron chi connectivity index (χ3n) is 5.98. The van der Waals surface area contributed by atoms with Crippen LogP contribution in [0.2, 0.25) is 0 Å². The number of pyridine rings is 1. The Hall–Kier alpha value is -3.64. The van der Waals surface area contributed by atoms with Crippen LogP contribution in [0.4, 0.5) is 5.69 Å². The van der Waals surface area contributed by atoms with E-state index in [4.69, 9.17) is 17.0 Å². The van der Waals surface area contributed by atoms with Crippen molar-refractivity contribution >= 4 is 23.0 Å². The minimum Gasteiger partial charge on any atom is -0.491 e. The van der Waals surface area contributed by atoms with E-state index >= 15 is 0 Å². The molecule has 4 aromatic rings. The predicted octanol–water partition coefficient (Wildman–Crippen LogP) is 6.15. The quantitative estimate of drug-likeness (QED) is 0.344. The average Bonchev–Trinajstić information content (AvgIpc) is 3.45. The van der Waals surface area contributed by atoms with Crippen LogP contribution in [0.3, 0.4) is 0 Å². The summed E-state index contributed by atoms with van der Waals surface area (Å²) in [5.74, 6) is 0.845. The lowest BCUT2D eigenvalue weighted by molar-refractivity contribution is 0.242. The molecule has 2 atom stereocenters. The molecule has 5 rings (SSSR count). The fraction of sp³-hybridized carbons (Fsp3) is 0.214. The summed E-state index contributed by atoms with van der Waals surface area (Å²) in [7, 11) is 0. The van der Waals surface area contributed by atoms with Crippen LogP contribution < -0.4 is 15.0 Å². The molecule has 0 spiro atoms. The number of rotatable bonds is 6. The topological polar surface area (TPSA) is 42.3 Å². The molecule has 6 heteroatoms. The second kappa shape index (κ2) is 9.31. The van der Waals surface area contributed by atoms with E-state index in [1.807, 2.05) is 44.3 Å². The van der Waals surface area contributed by atoms with Gasteiger partial charge in [-0.05, 0) is 93.7 Å². The van der Waals surface area contributed by atoms with Gasteiger partial charge in [0.1, 0.15) is 11.8 Å². The first kappa shape index (κ1) is 22.2. The minimum atomic E-state index is -0.0978. The van der Waals surface area contributed by atoms with E-state index in [0.29, 0.717) is 5.11 Å². The third-order valence-corrected chi connectivity index (χ3v) is 6.29. The summed E-state index contributed by atoms with van der Waals surface area (Å²) >= 11 is 5.88. The summed E-state index contributed by atoms with van der Waals surface area (Å²) in [6, 6.07) is 26.8. The van der Waals surface area contributed by atoms with Crippen molar-refractivity contribution < 1.29 is 4.74 Å². The first-order valence-corrected chi connectivity index (χ1v) is 11.9. The molecule has 3 heterocycles. The molecule has 0 saturated carbocycles. The molecule has 1 N–H and O–H groups in total. The van der Waals surface area contributed by atoms with E-state index in [2.05, 4.69) is 87.5 Å². The predicted molar refractivity (Wildman–Crippen MR) is 141 cm³/mol. The van der Waals surface area contributed by atoms with Crippen molar-refractivity contribution in [1.82, 2.24) is 14.9 Å². The van der Waals surface area contributed by atoms with E-state index in [0.717, 1.165) is 28.5 Å². The zero-order chi connectivity index (χ0) is 23.7. The molecule has 2 aromatic carbocycles. The van der Waals surface area contributed by atoms with Crippen molar-refractivity contribution in [3.05, 3.63) is 108 Å². The van der Waals surface area contributed by atoms with Crippen molar-refractivity contribution in [2.75, 3.05) is 4.90 Å². The number of thiocarbonyl (C=S) groups is 1. The van der Waals surface area contributed by atoms with Gasteiger partial charge in [0.25, 0.3) is 0 Å². The van der Waals surface area contributed by atoms with Crippen molar-refractivity contribution in [3.63, 3.8) is 0 Å². The Kier molecular flexibility index (Phi) is 6.07. The van der Waals surface area contributed by atoms with Crippen molar-refractivity contribution in [2.45, 2.75) is 39.0 Å². The smallest absolute Gasteiger partial charge is 0.174 e. The summed E-state index contributed by atoms with van der Waals surface area (Å²) in [4.78, 5) is 6.85. The van der Waals surface area contributed by atoms with E-state index in [1.54, 1.807) is 0 Å². The highest BCUT2D eigenvalue weighted by atomic mass is 32.1. The molecule has 2 aromatic heterocycles. The highest BCUT2D eigenvalue weighted by Gasteiger charge is 2.42. The van der Waals surface area contributed by atoms with Crippen molar-refractivity contribution in [2.24, 2.45) is 0 Å². The largest absolute Gasteiger partial charge is 0.491 e. The number of hydrogen-bond acceptors (Lipinski definition) is 3. The van der Waals surface area contributed by atoms with Gasteiger partial charge >= 0.3 is 0 Å². The Morgan fingerprint density at radius 2 is 1.65 bits per heavy atom. The lowest BCUT2D eigenvalue weighted by Gasteiger charge is -2.29. The number of aromatic nitrogens is 2. The number of nitrogens with zero attached hydrogens (tertiary/aromatic N) is 3. The average molecular weight is 469 g/mol. The fourth-order valence-electron chi connectivity index (χ4n) is 4.47. The van der Waals surface area contributed by atoms with Gasteiger partial charge in [0.2, 0.25) is 0 Å². The Morgan fingerprint density at radius 1 is 0.912 bits per heavy atom. The molecule has 0 aliphatic carbocycles. The summed E-state index contributed by atoms with van der Waals surface area (Å²) in [6.45, 7) is 6.16. The monoisotopic (exact) mass is 468 g/mol. The number of benzene rings is 2. The molecule has 172 valence electrons. The molecule has 0 bridgehead atoms. The molecule has 0 unspecified atom stereocenters. The maximum Gasteiger partial charge on any atom is 0.174 e. The first-order chi connectivity index (χ1) is 16.5. The molecular weight excluding hydrogens is 440 g/mol. The van der Waals surface area contributed by atoms with Gasteiger partial charge in [-0.15, -0.1) is 0 Å². The lowest BCUT2D eigenvalue weighted by Crippen LogP contribution is -2.30. The number of aryl methyl sites for hydroxylation is 1. The first-order valence-electron chi connectivity index (χ1n) is 11.5. The molecule has 0 amide bonds. The van der Waals surface area contributed by atoms with Gasteiger partial charge in [0.15, 0.2) is 5.11 Å². The van der Waals surface area contributed by atoms with E-state index in [9.17, 15) is 0 Å². The number of nitrogens with one attached hydrogen (secondary N) is 1. The van der Waals surface area contributed by atoms with Gasteiger partial charge in [-0.3, -0.25) is 4.98 Å². The SMILES string of the molecule is Cc1ccc(-n2cccc2[C@@H]2[C@H](c3ccccn3)NC(=S)N2c2ccc(OC(C)C)cc2)cc1. The van der Waals surface area contributed by atoms with E-state index in [-0.39, 0.29) is 18.2 Å². The Morgan fingerprint density at radius 3 is 2.32 bits per heavy atom. The molecule has 1 aliphatic rings. The summed E-state index contributed by atoms with van der Waals surface area (Å²) < 4.78 is 8.09. The van der Waals surface area contributed by atoms with Crippen LogP contribution in [0.1, 0.15) is 42.9 Å². The van der Waals surface area contributed by atoms with Crippen LogP contribution in [0.25, 0.3) is 5.69 Å². The lowest BCUT2D eigenvalue weighted by atomic mass is 10.0. The molecule has 34 heavy (non-hydrogen) atoms. The summed E-state index contributed by atoms with van der Waals surface area (Å²) in [6.07, 6.45) is 4.06. The molecule has 0 radical (unpaired) electrons. The van der Waals surface area contributed by atoms with Crippen LogP contribution in [0.5, 0.6) is 5.75 Å². The molecular formula is C28H28N4OS. The zero-order valence-corrected chi connectivity index (χ0v) is 20.4. The number of anilines is 1. The fourth-order valence-corrected chi connectivity index (χ4v) is 4.81. The van der Waals surface area contributed by atoms with Crippen LogP contribution in [0.15, 0.2) is 91.3 Å². The van der Waals surface area contributed by atoms with Gasteiger partial charge < -0.3 is 19.5 Å². The maximum atomic E-state index is 5.88. The minimum absolute atomic E-state index is 0.0874. The summed E-state index contributed by atoms with van der Waals surface area (Å²) in [5, 5.41) is 4.22. The van der Waals surface area contributed by atoms with Gasteiger partial charge in [-0.25, -0.2) is 0 Å². The second-order valence-corrected chi connectivity index (χ2v) is 9.18. The van der Waals surface area contributed by atoms with Gasteiger partial charge in [0, 0.05) is 29.5 Å². The van der Waals surface area contributed by atoms with Crippen LogP contribution >= 0.6 is 12.2 Å². The standard InChI is InChI=1S/C28H28N4OS/c1-19(2)33-23-15-13-22(14-16-23)32-27(26(30-28(32)34)24-7-4-5-17-29-24)25-8-6-18-31(25)21-11-9-20(3)10-12-21/h4-19,26-27H,1-3H3,(H,30,34)/t26-,27+/m0/s1. The molecule has 1 aliphatic heterocycles. The zero-order valence-electron chi connectivity index (χ0n) is 19.6. The van der Waals surface area contributed by atoms with Gasteiger partial charge in [0.05, 0.1) is 17.8 Å². The molecule has 5 nitrogen and oxygen atoms in total. The van der Waals surface area contributed by atoms with Crippen LogP contribution in [-0.4, -0.2) is 20.8 Å². The maximum absolute atomic E-state index is 5.88. The summed E-state index contributed by atoms with van der Waals surface area (Å²) in [5.41, 5.74) is 5.44. The van der Waals surface area contributed by atoms with Crippen molar-refractivity contribution in [3.8, 4) is 11.4 Å². The van der Waals surface area contributed by atoms with E-state index in [1.165, 1.54) is 5.56 Å². The van der Waals surface area contributed by atoms with Crippen molar-refractivity contribution in [1.29, 1.82) is 0 Å². The number of ether oxygens (including phenoxy) is 1. The van der Waals surface area contributed by atoms with E-state index < -0.39 is 0 Å². The normalized spacial score (nSPS) is 17.8. The van der Waals surface area contributed by atoms with Gasteiger partial charge in [-0.1, -0.05) is 23.8 Å².